The van der Waals surface area contributed by atoms with E-state index in [0.717, 1.165) is 5.69 Å². The second kappa shape index (κ2) is 5.31. The number of ether oxygens (including phenoxy) is 1. The van der Waals surface area contributed by atoms with Crippen LogP contribution in [-0.2, 0) is 0 Å². The Kier molecular flexibility index (Phi) is 3.57. The Morgan fingerprint density at radius 1 is 1.22 bits per heavy atom. The molecule has 2 rings (SSSR count). The van der Waals surface area contributed by atoms with Gasteiger partial charge < -0.3 is 9.84 Å². The van der Waals surface area contributed by atoms with Gasteiger partial charge in [-0.1, -0.05) is 18.2 Å². The molecule has 1 atom stereocenters. The van der Waals surface area contributed by atoms with Crippen molar-refractivity contribution in [2.75, 3.05) is 0 Å². The van der Waals surface area contributed by atoms with Crippen LogP contribution in [0, 0.1) is 0 Å². The summed E-state index contributed by atoms with van der Waals surface area (Å²) >= 11 is 0. The molecule has 92 valence electrons. The van der Waals surface area contributed by atoms with Crippen LogP contribution >= 0.6 is 0 Å². The minimum atomic E-state index is -1.00. The number of aromatic carboxylic acids is 1. The fourth-order valence-electron chi connectivity index (χ4n) is 1.61. The number of carboxylic acid groups (broad SMARTS) is 1. The number of benzene rings is 1. The van der Waals surface area contributed by atoms with Crippen molar-refractivity contribution < 1.29 is 14.6 Å². The largest absolute Gasteiger partial charge is 0.484 e. The summed E-state index contributed by atoms with van der Waals surface area (Å²) in [6.45, 7) is 1.83. The number of rotatable bonds is 4. The fourth-order valence-corrected chi connectivity index (χ4v) is 1.61. The summed E-state index contributed by atoms with van der Waals surface area (Å²) in [4.78, 5) is 15.2. The topological polar surface area (TPSA) is 59.4 Å². The van der Waals surface area contributed by atoms with Gasteiger partial charge >= 0.3 is 5.97 Å². The van der Waals surface area contributed by atoms with Crippen LogP contribution in [0.4, 0.5) is 0 Å². The first kappa shape index (κ1) is 12.1. The highest BCUT2D eigenvalue weighted by Gasteiger charge is 2.14. The van der Waals surface area contributed by atoms with Crippen molar-refractivity contribution in [1.29, 1.82) is 0 Å². The Hall–Kier alpha value is -2.36. The Labute approximate surface area is 105 Å². The van der Waals surface area contributed by atoms with Crippen LogP contribution in [0.2, 0.25) is 0 Å². The smallest absolute Gasteiger partial charge is 0.339 e. The predicted molar refractivity (Wildman–Crippen MR) is 66.7 cm³/mol. The van der Waals surface area contributed by atoms with E-state index < -0.39 is 5.97 Å². The van der Waals surface area contributed by atoms with Gasteiger partial charge in [-0.3, -0.25) is 4.98 Å². The van der Waals surface area contributed by atoms with Crippen molar-refractivity contribution in [1.82, 2.24) is 4.98 Å². The van der Waals surface area contributed by atoms with E-state index in [-0.39, 0.29) is 11.7 Å². The van der Waals surface area contributed by atoms with Crippen LogP contribution < -0.4 is 4.74 Å². The van der Waals surface area contributed by atoms with Crippen molar-refractivity contribution in [3.63, 3.8) is 0 Å². The van der Waals surface area contributed by atoms with E-state index >= 15 is 0 Å². The van der Waals surface area contributed by atoms with Gasteiger partial charge in [-0.2, -0.15) is 0 Å². The molecule has 1 N–H and O–H groups in total. The van der Waals surface area contributed by atoms with Crippen LogP contribution in [0.25, 0.3) is 0 Å². The quantitative estimate of drug-likeness (QED) is 0.896. The van der Waals surface area contributed by atoms with Gasteiger partial charge in [0.05, 0.1) is 5.69 Å². The molecule has 1 unspecified atom stereocenters. The van der Waals surface area contributed by atoms with Crippen molar-refractivity contribution in [3.8, 4) is 5.75 Å². The summed E-state index contributed by atoms with van der Waals surface area (Å²) in [5.41, 5.74) is 0.915. The van der Waals surface area contributed by atoms with Crippen LogP contribution in [-0.4, -0.2) is 16.1 Å². The zero-order valence-electron chi connectivity index (χ0n) is 9.91. The fraction of sp³-hybridized carbons (Fsp3) is 0.143. The van der Waals surface area contributed by atoms with E-state index in [4.69, 9.17) is 9.84 Å². The second-order valence-corrected chi connectivity index (χ2v) is 3.82. The van der Waals surface area contributed by atoms with Crippen molar-refractivity contribution in [2.45, 2.75) is 13.0 Å². The highest BCUT2D eigenvalue weighted by molar-refractivity contribution is 5.90. The molecule has 4 nitrogen and oxygen atoms in total. The summed E-state index contributed by atoms with van der Waals surface area (Å²) in [5.74, 6) is -0.651. The minimum Gasteiger partial charge on any atom is -0.484 e. The van der Waals surface area contributed by atoms with Crippen molar-refractivity contribution in [3.05, 3.63) is 59.9 Å². The molecule has 0 aliphatic rings. The maximum absolute atomic E-state index is 11.0. The third-order valence-corrected chi connectivity index (χ3v) is 2.53. The Morgan fingerprint density at radius 3 is 2.61 bits per heavy atom. The SMILES string of the molecule is CC(Oc1ccccc1C(=O)O)c1ccccn1. The first-order valence-corrected chi connectivity index (χ1v) is 5.58. The number of carbonyl (C=O) groups is 1. The highest BCUT2D eigenvalue weighted by atomic mass is 16.5. The molecule has 0 aliphatic carbocycles. The standard InChI is InChI=1S/C14H13NO3/c1-10(12-7-4-5-9-15-12)18-13-8-3-2-6-11(13)14(16)17/h2-10H,1H3,(H,16,17). The molecule has 18 heavy (non-hydrogen) atoms. The molecule has 0 aliphatic heterocycles. The Bertz CT molecular complexity index is 540. The molecule has 4 heteroatoms. The lowest BCUT2D eigenvalue weighted by molar-refractivity contribution is 0.0689. The predicted octanol–water partition coefficient (Wildman–Crippen LogP) is 2.92. The number of aromatic nitrogens is 1. The lowest BCUT2D eigenvalue weighted by Gasteiger charge is -2.15. The summed E-state index contributed by atoms with van der Waals surface area (Å²) in [6, 6.07) is 12.1. The average Bonchev–Trinajstić information content (AvgIpc) is 2.40. The molecule has 0 saturated heterocycles. The normalized spacial score (nSPS) is 11.8. The number of carboxylic acids is 1. The molecule has 2 aromatic rings. The maximum atomic E-state index is 11.0. The summed E-state index contributed by atoms with van der Waals surface area (Å²) in [7, 11) is 0. The molecular weight excluding hydrogens is 230 g/mol. The van der Waals surface area contributed by atoms with Gasteiger partial charge in [0.15, 0.2) is 0 Å². The monoisotopic (exact) mass is 243 g/mol. The molecule has 0 radical (unpaired) electrons. The summed E-state index contributed by atoms with van der Waals surface area (Å²) in [6.07, 6.45) is 1.38. The third-order valence-electron chi connectivity index (χ3n) is 2.53. The molecule has 0 saturated carbocycles. The van der Waals surface area contributed by atoms with Gasteiger partial charge in [0.2, 0.25) is 0 Å². The first-order chi connectivity index (χ1) is 8.68. The molecule has 1 aromatic carbocycles. The highest BCUT2D eigenvalue weighted by Crippen LogP contribution is 2.24. The molecule has 0 fully saturated rings. The minimum absolute atomic E-state index is 0.153. The number of pyridine rings is 1. The van der Waals surface area contributed by atoms with Gasteiger partial charge in [-0.15, -0.1) is 0 Å². The van der Waals surface area contributed by atoms with Gasteiger partial charge in [-0.05, 0) is 31.2 Å². The Morgan fingerprint density at radius 2 is 1.94 bits per heavy atom. The zero-order chi connectivity index (χ0) is 13.0. The lowest BCUT2D eigenvalue weighted by atomic mass is 10.2. The van der Waals surface area contributed by atoms with Gasteiger partial charge in [0.1, 0.15) is 17.4 Å². The van der Waals surface area contributed by atoms with Crippen LogP contribution in [0.15, 0.2) is 48.7 Å². The van der Waals surface area contributed by atoms with Crippen molar-refractivity contribution >= 4 is 5.97 Å². The molecule has 0 bridgehead atoms. The molecule has 1 aromatic heterocycles. The van der Waals surface area contributed by atoms with E-state index in [1.165, 1.54) is 6.07 Å². The van der Waals surface area contributed by atoms with E-state index in [0.29, 0.717) is 5.75 Å². The van der Waals surface area contributed by atoms with E-state index in [1.807, 2.05) is 25.1 Å². The maximum Gasteiger partial charge on any atom is 0.339 e. The number of hydrogen-bond acceptors (Lipinski definition) is 3. The zero-order valence-corrected chi connectivity index (χ0v) is 9.91. The van der Waals surface area contributed by atoms with Crippen LogP contribution in [0.5, 0.6) is 5.75 Å². The lowest BCUT2D eigenvalue weighted by Crippen LogP contribution is -2.08. The first-order valence-electron chi connectivity index (χ1n) is 5.58. The molecule has 1 heterocycles. The number of nitrogens with zero attached hydrogens (tertiary/aromatic N) is 1. The van der Waals surface area contributed by atoms with Gasteiger partial charge in [0, 0.05) is 6.20 Å². The number of para-hydroxylation sites is 1. The van der Waals surface area contributed by atoms with Crippen LogP contribution in [0.1, 0.15) is 29.1 Å². The van der Waals surface area contributed by atoms with Gasteiger partial charge in [-0.25, -0.2) is 4.79 Å². The number of hydrogen-bond donors (Lipinski definition) is 1. The van der Waals surface area contributed by atoms with E-state index in [2.05, 4.69) is 4.98 Å². The molecule has 0 spiro atoms. The van der Waals surface area contributed by atoms with E-state index in [1.54, 1.807) is 24.4 Å². The molecular formula is C14H13NO3. The third kappa shape index (κ3) is 2.66. The second-order valence-electron chi connectivity index (χ2n) is 3.82. The Balaban J connectivity index is 2.22. The van der Waals surface area contributed by atoms with Crippen molar-refractivity contribution in [2.24, 2.45) is 0 Å². The van der Waals surface area contributed by atoms with Crippen LogP contribution in [0.3, 0.4) is 0 Å². The van der Waals surface area contributed by atoms with E-state index in [9.17, 15) is 4.79 Å². The molecule has 0 amide bonds. The summed E-state index contributed by atoms with van der Waals surface area (Å²) in [5, 5.41) is 9.05. The summed E-state index contributed by atoms with van der Waals surface area (Å²) < 4.78 is 5.65. The van der Waals surface area contributed by atoms with Gasteiger partial charge in [0.25, 0.3) is 0 Å². The average molecular weight is 243 g/mol.